The first-order valence-electron chi connectivity index (χ1n) is 7.46. The van der Waals surface area contributed by atoms with Crippen molar-refractivity contribution in [1.82, 2.24) is 4.90 Å². The molecule has 1 aromatic rings. The number of piperazine rings is 1. The predicted octanol–water partition coefficient (Wildman–Crippen LogP) is 2.01. The van der Waals surface area contributed by atoms with E-state index in [1.54, 1.807) is 12.1 Å². The molecular weight excluding hydrogens is 287 g/mol. The summed E-state index contributed by atoms with van der Waals surface area (Å²) < 4.78 is 14.1. The fourth-order valence-corrected chi connectivity index (χ4v) is 2.85. The molecule has 120 valence electrons. The Labute approximate surface area is 129 Å². The maximum atomic E-state index is 14.1. The lowest BCUT2D eigenvalue weighted by Crippen LogP contribution is -2.52. The summed E-state index contributed by atoms with van der Waals surface area (Å²) in [6.45, 7) is 5.56. The topological polar surface area (TPSA) is 60.9 Å². The number of ketones is 1. The van der Waals surface area contributed by atoms with Crippen LogP contribution in [0.15, 0.2) is 18.2 Å². The molecule has 22 heavy (non-hydrogen) atoms. The molecule has 1 fully saturated rings. The van der Waals surface area contributed by atoms with Gasteiger partial charge >= 0.3 is 5.97 Å². The fraction of sp³-hybridized carbons (Fsp3) is 0.500. The molecule has 1 aliphatic rings. The minimum Gasteiger partial charge on any atom is -0.480 e. The van der Waals surface area contributed by atoms with Crippen LogP contribution in [0, 0.1) is 5.82 Å². The molecule has 0 aromatic heterocycles. The number of benzene rings is 1. The highest BCUT2D eigenvalue weighted by molar-refractivity contribution is 5.94. The number of carbonyl (C=O) groups is 2. The summed E-state index contributed by atoms with van der Waals surface area (Å²) in [5.74, 6) is -1.39. The number of halogens is 1. The lowest BCUT2D eigenvalue weighted by atomic mass is 10.1. The molecule has 1 aromatic carbocycles. The minimum atomic E-state index is -0.812. The average molecular weight is 308 g/mol. The van der Waals surface area contributed by atoms with Gasteiger partial charge in [0.05, 0.1) is 5.69 Å². The van der Waals surface area contributed by atoms with Gasteiger partial charge in [-0.15, -0.1) is 0 Å². The van der Waals surface area contributed by atoms with Gasteiger partial charge in [-0.05, 0) is 31.5 Å². The van der Waals surface area contributed by atoms with Crippen molar-refractivity contribution in [1.29, 1.82) is 0 Å². The number of hydrogen-bond donors (Lipinski definition) is 1. The van der Waals surface area contributed by atoms with Gasteiger partial charge in [0.15, 0.2) is 5.78 Å². The first-order valence-corrected chi connectivity index (χ1v) is 7.46. The molecule has 0 bridgehead atoms. The Bertz CT molecular complexity index is 569. The van der Waals surface area contributed by atoms with Crippen molar-refractivity contribution in [3.05, 3.63) is 29.6 Å². The summed E-state index contributed by atoms with van der Waals surface area (Å²) in [6.07, 6.45) is 0.553. The molecule has 0 spiro atoms. The molecule has 1 atom stereocenters. The second-order valence-electron chi connectivity index (χ2n) is 5.51. The van der Waals surface area contributed by atoms with Crippen molar-refractivity contribution in [2.45, 2.75) is 26.3 Å². The second-order valence-corrected chi connectivity index (χ2v) is 5.51. The van der Waals surface area contributed by atoms with Gasteiger partial charge in [0.2, 0.25) is 0 Å². The zero-order valence-electron chi connectivity index (χ0n) is 12.9. The van der Waals surface area contributed by atoms with E-state index in [4.69, 9.17) is 0 Å². The van der Waals surface area contributed by atoms with Crippen molar-refractivity contribution < 1.29 is 19.1 Å². The van der Waals surface area contributed by atoms with Gasteiger partial charge in [0, 0.05) is 31.7 Å². The molecule has 0 radical (unpaired) electrons. The highest BCUT2D eigenvalue weighted by Crippen LogP contribution is 2.23. The molecule has 1 heterocycles. The zero-order chi connectivity index (χ0) is 16.3. The van der Waals surface area contributed by atoms with E-state index < -0.39 is 17.8 Å². The van der Waals surface area contributed by atoms with Crippen LogP contribution in [0.5, 0.6) is 0 Å². The van der Waals surface area contributed by atoms with E-state index in [1.165, 1.54) is 13.0 Å². The molecule has 0 unspecified atom stereocenters. The van der Waals surface area contributed by atoms with Crippen LogP contribution in [0.25, 0.3) is 0 Å². The van der Waals surface area contributed by atoms with Gasteiger partial charge in [0.1, 0.15) is 11.9 Å². The molecule has 1 saturated heterocycles. The molecule has 0 saturated carbocycles. The molecule has 5 nitrogen and oxygen atoms in total. The maximum Gasteiger partial charge on any atom is 0.320 e. The molecule has 0 amide bonds. The standard InChI is InChI=1S/C16H21FN2O3/c1-3-14(16(21)22)18-6-8-19(9-7-18)15-5-4-12(11(2)20)10-13(15)17/h4-5,10,14H,3,6-9H2,1-2H3,(H,21,22)/t14-/m0/s1. The Hall–Kier alpha value is -1.95. The van der Waals surface area contributed by atoms with Crippen LogP contribution >= 0.6 is 0 Å². The van der Waals surface area contributed by atoms with E-state index in [9.17, 15) is 19.1 Å². The normalized spacial score (nSPS) is 17.3. The number of carboxylic acid groups (broad SMARTS) is 1. The zero-order valence-corrected chi connectivity index (χ0v) is 12.9. The first kappa shape index (κ1) is 16.4. The molecule has 2 rings (SSSR count). The van der Waals surface area contributed by atoms with Crippen molar-refractivity contribution in [3.63, 3.8) is 0 Å². The first-order chi connectivity index (χ1) is 10.4. The van der Waals surface area contributed by atoms with E-state index in [-0.39, 0.29) is 5.78 Å². The SMILES string of the molecule is CC[C@@H](C(=O)O)N1CCN(c2ccc(C(C)=O)cc2F)CC1. The van der Waals surface area contributed by atoms with Gasteiger partial charge < -0.3 is 10.0 Å². The largest absolute Gasteiger partial charge is 0.480 e. The Balaban J connectivity index is 2.05. The van der Waals surface area contributed by atoms with E-state index in [0.717, 1.165) is 0 Å². The number of Topliss-reactive ketones (excluding diaryl/α,β-unsaturated/α-hetero) is 1. The van der Waals surface area contributed by atoms with E-state index in [1.807, 2.05) is 16.7 Å². The summed E-state index contributed by atoms with van der Waals surface area (Å²) in [6, 6.07) is 4.03. The summed E-state index contributed by atoms with van der Waals surface area (Å²) in [7, 11) is 0. The van der Waals surface area contributed by atoms with Gasteiger partial charge in [-0.1, -0.05) is 6.92 Å². The molecule has 6 heteroatoms. The average Bonchev–Trinajstić information content (AvgIpc) is 2.48. The highest BCUT2D eigenvalue weighted by atomic mass is 19.1. The fourth-order valence-electron chi connectivity index (χ4n) is 2.85. The smallest absolute Gasteiger partial charge is 0.320 e. The lowest BCUT2D eigenvalue weighted by Gasteiger charge is -2.38. The Morgan fingerprint density at radius 1 is 1.27 bits per heavy atom. The molecule has 1 N–H and O–H groups in total. The third-order valence-electron chi connectivity index (χ3n) is 4.12. The van der Waals surface area contributed by atoms with Crippen molar-refractivity contribution in [3.8, 4) is 0 Å². The minimum absolute atomic E-state index is 0.164. The summed E-state index contributed by atoms with van der Waals surface area (Å²) in [4.78, 5) is 26.3. The number of aliphatic carboxylic acids is 1. The van der Waals surface area contributed by atoms with Crippen molar-refractivity contribution in [2.75, 3.05) is 31.1 Å². The van der Waals surface area contributed by atoms with Crippen LogP contribution in [-0.2, 0) is 4.79 Å². The highest BCUT2D eigenvalue weighted by Gasteiger charge is 2.28. The van der Waals surface area contributed by atoms with E-state index in [2.05, 4.69) is 0 Å². The number of anilines is 1. The van der Waals surface area contributed by atoms with E-state index >= 15 is 0 Å². The predicted molar refractivity (Wildman–Crippen MR) is 81.9 cm³/mol. The Kier molecular flexibility index (Phi) is 5.13. The third-order valence-corrected chi connectivity index (χ3v) is 4.12. The monoisotopic (exact) mass is 308 g/mol. The third kappa shape index (κ3) is 3.44. The lowest BCUT2D eigenvalue weighted by molar-refractivity contribution is -0.143. The quantitative estimate of drug-likeness (QED) is 0.843. The molecular formula is C16H21FN2O3. The van der Waals surface area contributed by atoms with Gasteiger partial charge in [-0.2, -0.15) is 0 Å². The Morgan fingerprint density at radius 2 is 1.91 bits per heavy atom. The van der Waals surface area contributed by atoms with Crippen molar-refractivity contribution in [2.24, 2.45) is 0 Å². The second kappa shape index (κ2) is 6.87. The van der Waals surface area contributed by atoms with Crippen LogP contribution in [0.1, 0.15) is 30.6 Å². The number of carbonyl (C=O) groups excluding carboxylic acids is 1. The maximum absolute atomic E-state index is 14.1. The van der Waals surface area contributed by atoms with Crippen LogP contribution in [0.4, 0.5) is 10.1 Å². The van der Waals surface area contributed by atoms with E-state index in [0.29, 0.717) is 43.9 Å². The van der Waals surface area contributed by atoms with Gasteiger partial charge in [0.25, 0.3) is 0 Å². The van der Waals surface area contributed by atoms with Crippen LogP contribution in [0.3, 0.4) is 0 Å². The summed E-state index contributed by atoms with van der Waals surface area (Å²) >= 11 is 0. The van der Waals surface area contributed by atoms with Crippen LogP contribution in [-0.4, -0.2) is 54.0 Å². The summed E-state index contributed by atoms with van der Waals surface area (Å²) in [5, 5.41) is 9.19. The van der Waals surface area contributed by atoms with Crippen molar-refractivity contribution >= 4 is 17.4 Å². The summed E-state index contributed by atoms with van der Waals surface area (Å²) in [5.41, 5.74) is 0.824. The number of hydrogen-bond acceptors (Lipinski definition) is 4. The van der Waals surface area contributed by atoms with Gasteiger partial charge in [-0.3, -0.25) is 14.5 Å². The number of nitrogens with zero attached hydrogens (tertiary/aromatic N) is 2. The van der Waals surface area contributed by atoms with Crippen LogP contribution in [0.2, 0.25) is 0 Å². The Morgan fingerprint density at radius 3 is 2.36 bits per heavy atom. The molecule has 1 aliphatic heterocycles. The number of carboxylic acids is 1. The number of rotatable bonds is 5. The van der Waals surface area contributed by atoms with Crippen LogP contribution < -0.4 is 4.90 Å². The molecule has 0 aliphatic carbocycles. The van der Waals surface area contributed by atoms with Gasteiger partial charge in [-0.25, -0.2) is 4.39 Å².